The number of fused-ring (bicyclic) bond motifs is 1. The van der Waals surface area contributed by atoms with Crippen LogP contribution in [-0.2, 0) is 26.6 Å². The molecule has 5 rings (SSSR count). The van der Waals surface area contributed by atoms with Crippen LogP contribution in [0.3, 0.4) is 0 Å². The number of carbonyl (C=O) groups excluding carboxylic acids is 1. The minimum atomic E-state index is -0.257. The molecule has 0 aliphatic carbocycles. The van der Waals surface area contributed by atoms with Gasteiger partial charge in [-0.25, -0.2) is 14.6 Å². The topological polar surface area (TPSA) is 73.0 Å². The van der Waals surface area contributed by atoms with Crippen LogP contribution >= 0.6 is 0 Å². The molecule has 0 radical (unpaired) electrons. The molecule has 0 spiro atoms. The second kappa shape index (κ2) is 12.8. The van der Waals surface area contributed by atoms with E-state index in [1.54, 1.807) is 9.36 Å². The molecule has 7 nitrogen and oxygen atoms in total. The van der Waals surface area contributed by atoms with E-state index in [1.807, 2.05) is 68.7 Å². The van der Waals surface area contributed by atoms with Crippen molar-refractivity contribution in [3.8, 4) is 11.8 Å². The smallest absolute Gasteiger partial charge is 0.278 e. The van der Waals surface area contributed by atoms with Crippen molar-refractivity contribution < 1.29 is 4.79 Å². The SMILES string of the molecule is Cc1c(C(=O)CCC#Cc2ccc3nc(Cc4ccc(CN(C)C)cc4)ncc3c2)c(=O)n(Cc2ccccc2)n1C. The third-order valence-corrected chi connectivity index (χ3v) is 7.34. The summed E-state index contributed by atoms with van der Waals surface area (Å²) in [5.74, 6) is 6.84. The van der Waals surface area contributed by atoms with Crippen molar-refractivity contribution in [1.82, 2.24) is 24.2 Å². The molecule has 0 aliphatic heterocycles. The maximum absolute atomic E-state index is 13.1. The van der Waals surface area contributed by atoms with Crippen molar-refractivity contribution in [2.45, 2.75) is 39.3 Å². The molecule has 0 atom stereocenters. The molecule has 7 heteroatoms. The molecule has 0 amide bonds. The van der Waals surface area contributed by atoms with Crippen LogP contribution in [0.2, 0.25) is 0 Å². The molecular formula is C35H35N5O2. The third kappa shape index (κ3) is 6.73. The molecule has 0 fully saturated rings. The summed E-state index contributed by atoms with van der Waals surface area (Å²) in [5, 5.41) is 0.918. The van der Waals surface area contributed by atoms with Crippen molar-refractivity contribution in [2.75, 3.05) is 14.1 Å². The predicted octanol–water partition coefficient (Wildman–Crippen LogP) is 5.15. The molecule has 0 saturated carbocycles. The van der Waals surface area contributed by atoms with Crippen LogP contribution in [0.4, 0.5) is 0 Å². The summed E-state index contributed by atoms with van der Waals surface area (Å²) in [4.78, 5) is 37.5. The standard InChI is InChI=1S/C35H35N5O2/c1-25-34(35(42)40(39(25)4)24-28-11-6-5-7-12-28)32(41)13-9-8-10-26-18-19-31-30(20-26)22-36-33(37-31)21-27-14-16-29(17-15-27)23-38(2)3/h5-7,11-12,14-20,22H,9,13,21,23-24H2,1-4H3. The van der Waals surface area contributed by atoms with Gasteiger partial charge in [-0.05, 0) is 55.9 Å². The van der Waals surface area contributed by atoms with Crippen LogP contribution in [0.5, 0.6) is 0 Å². The van der Waals surface area contributed by atoms with Gasteiger partial charge in [0.25, 0.3) is 5.56 Å². The molecule has 2 aromatic heterocycles. The van der Waals surface area contributed by atoms with E-state index in [4.69, 9.17) is 4.98 Å². The number of carbonyl (C=O) groups is 1. The molecular weight excluding hydrogens is 522 g/mol. The van der Waals surface area contributed by atoms with E-state index in [-0.39, 0.29) is 23.3 Å². The highest BCUT2D eigenvalue weighted by molar-refractivity contribution is 5.97. The van der Waals surface area contributed by atoms with E-state index >= 15 is 0 Å². The van der Waals surface area contributed by atoms with Gasteiger partial charge >= 0.3 is 0 Å². The van der Waals surface area contributed by atoms with Crippen molar-refractivity contribution in [3.05, 3.63) is 129 Å². The fraction of sp³-hybridized carbons (Fsp3) is 0.257. The van der Waals surface area contributed by atoms with Gasteiger partial charge in [-0.15, -0.1) is 0 Å². The average Bonchev–Trinajstić information content (AvgIpc) is 3.19. The second-order valence-corrected chi connectivity index (χ2v) is 10.8. The van der Waals surface area contributed by atoms with Gasteiger partial charge in [0.2, 0.25) is 0 Å². The Balaban J connectivity index is 1.21. The molecule has 0 aliphatic rings. The van der Waals surface area contributed by atoms with Gasteiger partial charge in [-0.2, -0.15) is 0 Å². The fourth-order valence-electron chi connectivity index (χ4n) is 5.03. The Morgan fingerprint density at radius 3 is 2.43 bits per heavy atom. The summed E-state index contributed by atoms with van der Waals surface area (Å²) in [6, 6.07) is 24.2. The summed E-state index contributed by atoms with van der Waals surface area (Å²) in [6.07, 6.45) is 3.07. The van der Waals surface area contributed by atoms with E-state index in [9.17, 15) is 9.59 Å². The first kappa shape index (κ1) is 28.7. The summed E-state index contributed by atoms with van der Waals surface area (Å²) in [7, 11) is 5.94. The molecule has 0 bridgehead atoms. The first-order valence-corrected chi connectivity index (χ1v) is 14.1. The summed E-state index contributed by atoms with van der Waals surface area (Å²) in [5.41, 5.74) is 5.83. The van der Waals surface area contributed by atoms with E-state index in [0.29, 0.717) is 25.1 Å². The van der Waals surface area contributed by atoms with E-state index in [2.05, 4.69) is 60.1 Å². The Kier molecular flexibility index (Phi) is 8.75. The number of hydrogen-bond donors (Lipinski definition) is 0. The van der Waals surface area contributed by atoms with E-state index in [0.717, 1.165) is 34.4 Å². The number of nitrogens with zero attached hydrogens (tertiary/aromatic N) is 5. The molecule has 0 N–H and O–H groups in total. The predicted molar refractivity (Wildman–Crippen MR) is 167 cm³/mol. The Morgan fingerprint density at radius 1 is 0.952 bits per heavy atom. The van der Waals surface area contributed by atoms with Crippen LogP contribution in [0.1, 0.15) is 57.0 Å². The number of Topliss-reactive ketones (excluding diaryl/α,β-unsaturated/α-hetero) is 1. The maximum Gasteiger partial charge on any atom is 0.278 e. The Hall–Kier alpha value is -4.80. The molecule has 0 unspecified atom stereocenters. The van der Waals surface area contributed by atoms with Gasteiger partial charge < -0.3 is 4.90 Å². The lowest BCUT2D eigenvalue weighted by Gasteiger charge is -2.10. The Morgan fingerprint density at radius 2 is 1.69 bits per heavy atom. The van der Waals surface area contributed by atoms with Crippen molar-refractivity contribution in [1.29, 1.82) is 0 Å². The van der Waals surface area contributed by atoms with Gasteiger partial charge in [-0.3, -0.25) is 14.3 Å². The highest BCUT2D eigenvalue weighted by Crippen LogP contribution is 2.16. The number of rotatable bonds is 9. The molecule has 2 heterocycles. The first-order chi connectivity index (χ1) is 20.3. The third-order valence-electron chi connectivity index (χ3n) is 7.34. The Bertz CT molecular complexity index is 1840. The van der Waals surface area contributed by atoms with Gasteiger partial charge in [0, 0.05) is 55.7 Å². The highest BCUT2D eigenvalue weighted by Gasteiger charge is 2.20. The fourth-order valence-corrected chi connectivity index (χ4v) is 5.03. The summed E-state index contributed by atoms with van der Waals surface area (Å²) < 4.78 is 3.37. The molecule has 5 aromatic rings. The average molecular weight is 558 g/mol. The monoisotopic (exact) mass is 557 g/mol. The van der Waals surface area contributed by atoms with E-state index in [1.165, 1.54) is 11.1 Å². The van der Waals surface area contributed by atoms with Crippen LogP contribution in [0.15, 0.2) is 83.8 Å². The van der Waals surface area contributed by atoms with Gasteiger partial charge in [-0.1, -0.05) is 66.4 Å². The van der Waals surface area contributed by atoms with Gasteiger partial charge in [0.1, 0.15) is 11.4 Å². The van der Waals surface area contributed by atoms with Gasteiger partial charge in [0.15, 0.2) is 5.78 Å². The summed E-state index contributed by atoms with van der Waals surface area (Å²) in [6.45, 7) is 3.14. The van der Waals surface area contributed by atoms with Crippen LogP contribution in [0, 0.1) is 18.8 Å². The van der Waals surface area contributed by atoms with Crippen LogP contribution in [-0.4, -0.2) is 44.1 Å². The number of aromatic nitrogens is 4. The van der Waals surface area contributed by atoms with Crippen molar-refractivity contribution >= 4 is 16.7 Å². The quantitative estimate of drug-likeness (QED) is 0.185. The number of hydrogen-bond acceptors (Lipinski definition) is 5. The van der Waals surface area contributed by atoms with Gasteiger partial charge in [0.05, 0.1) is 12.1 Å². The lowest BCUT2D eigenvalue weighted by molar-refractivity contribution is 0.0982. The molecule has 212 valence electrons. The zero-order valence-corrected chi connectivity index (χ0v) is 24.6. The second-order valence-electron chi connectivity index (χ2n) is 10.8. The largest absolute Gasteiger partial charge is 0.305 e. The van der Waals surface area contributed by atoms with Crippen molar-refractivity contribution in [3.63, 3.8) is 0 Å². The van der Waals surface area contributed by atoms with Crippen LogP contribution in [0.25, 0.3) is 10.9 Å². The molecule has 0 saturated heterocycles. The van der Waals surface area contributed by atoms with E-state index < -0.39 is 0 Å². The molecule has 42 heavy (non-hydrogen) atoms. The van der Waals surface area contributed by atoms with Crippen molar-refractivity contribution in [2.24, 2.45) is 7.05 Å². The Labute approximate surface area is 246 Å². The number of ketones is 1. The number of benzene rings is 3. The minimum absolute atomic E-state index is 0.180. The zero-order chi connectivity index (χ0) is 29.6. The summed E-state index contributed by atoms with van der Waals surface area (Å²) >= 11 is 0. The zero-order valence-electron chi connectivity index (χ0n) is 24.6. The molecule has 3 aromatic carbocycles. The maximum atomic E-state index is 13.1. The van der Waals surface area contributed by atoms with Crippen LogP contribution < -0.4 is 5.56 Å². The highest BCUT2D eigenvalue weighted by atomic mass is 16.2. The normalized spacial score (nSPS) is 11.1. The lowest BCUT2D eigenvalue weighted by Crippen LogP contribution is -2.24. The first-order valence-electron chi connectivity index (χ1n) is 14.1. The lowest BCUT2D eigenvalue weighted by atomic mass is 10.1. The minimum Gasteiger partial charge on any atom is -0.305 e.